The summed E-state index contributed by atoms with van der Waals surface area (Å²) in [5.74, 6) is -2.27. The van der Waals surface area contributed by atoms with Crippen molar-refractivity contribution in [2.45, 2.75) is 227 Å². The van der Waals surface area contributed by atoms with Gasteiger partial charge in [0.25, 0.3) is 11.8 Å². The fourth-order valence-corrected chi connectivity index (χ4v) is 8.48. The van der Waals surface area contributed by atoms with Crippen molar-refractivity contribution in [3.63, 3.8) is 0 Å². The molecule has 2 aliphatic rings. The van der Waals surface area contributed by atoms with Crippen LogP contribution in [-0.2, 0) is 28.5 Å². The number of nitrogens with zero attached hydrogens (tertiary/aromatic N) is 2. The average molecular weight is 1020 g/mol. The molecule has 0 aromatic heterocycles. The lowest BCUT2D eigenvalue weighted by molar-refractivity contribution is -0.326. The van der Waals surface area contributed by atoms with E-state index in [-0.39, 0.29) is 26.2 Å². The van der Waals surface area contributed by atoms with E-state index >= 15 is 0 Å². The van der Waals surface area contributed by atoms with Gasteiger partial charge in [-0.1, -0.05) is 104 Å². The van der Waals surface area contributed by atoms with Crippen LogP contribution in [0.3, 0.4) is 0 Å². The van der Waals surface area contributed by atoms with Crippen LogP contribution in [0.5, 0.6) is 0 Å². The molecule has 24 nitrogen and oxygen atoms in total. The number of carbonyl (C=O) groups is 2. The van der Waals surface area contributed by atoms with E-state index in [1.807, 2.05) is 0 Å². The van der Waals surface area contributed by atoms with Gasteiger partial charge in [0.1, 0.15) is 85.5 Å². The molecule has 414 valence electrons. The third-order valence-electron chi connectivity index (χ3n) is 13.1. The maximum Gasteiger partial charge on any atom is 0.254 e. The van der Waals surface area contributed by atoms with E-state index in [9.17, 15) is 91.3 Å². The summed E-state index contributed by atoms with van der Waals surface area (Å²) >= 11 is 0. The van der Waals surface area contributed by atoms with Crippen LogP contribution in [0.4, 0.5) is 0 Å². The lowest BCUT2D eigenvalue weighted by Crippen LogP contribution is -2.62. The molecule has 70 heavy (non-hydrogen) atoms. The standard InChI is InChI=1S/C46H88N2O22/c1-3-5-7-9-11-13-15-17-19-47(43(65)37(61)35(59)41(27(53)23-49)69-45-39(63)33(57)31(55)29(25-51)67-45)21-22-48(20-18-16-14-12-10-8-6-4-2)44(66)38(62)36(60)42(28(54)24-50)70-46-40(64)34(58)32(56)30(26-52)68-46/h27-42,45-46,49-64H,3-26H2,1-2H3/t27-,28-,29-,30-,31+,32+,33+,34+,35-,36-,37-,38-,39-,40-,41-,42-,45+,46+/m1/s1. The molecule has 24 heteroatoms. The molecule has 16 N–H and O–H groups in total. The molecule has 2 saturated heterocycles. The van der Waals surface area contributed by atoms with Crippen molar-refractivity contribution >= 4 is 11.8 Å². The summed E-state index contributed by atoms with van der Waals surface area (Å²) in [5.41, 5.74) is 0. The number of aliphatic hydroxyl groups is 16. The summed E-state index contributed by atoms with van der Waals surface area (Å²) in [6.45, 7) is -0.507. The predicted molar refractivity (Wildman–Crippen MR) is 246 cm³/mol. The zero-order valence-corrected chi connectivity index (χ0v) is 40.9. The van der Waals surface area contributed by atoms with Gasteiger partial charge in [-0.25, -0.2) is 0 Å². The molecule has 0 radical (unpaired) electrons. The van der Waals surface area contributed by atoms with Crippen LogP contribution >= 0.6 is 0 Å². The number of carbonyl (C=O) groups excluding carboxylic acids is 2. The first-order valence-corrected chi connectivity index (χ1v) is 25.2. The van der Waals surface area contributed by atoms with Gasteiger partial charge in [-0.3, -0.25) is 9.59 Å². The molecule has 2 fully saturated rings. The molecular weight excluding hydrogens is 932 g/mol. The number of hydrogen-bond acceptors (Lipinski definition) is 22. The molecule has 2 heterocycles. The van der Waals surface area contributed by atoms with Gasteiger partial charge in [-0.2, -0.15) is 0 Å². The maximum atomic E-state index is 14.2. The second-order valence-corrected chi connectivity index (χ2v) is 18.6. The molecule has 2 amide bonds. The SMILES string of the molecule is CCCCCCCCCCN(CCN(CCCCCCCCCC)C(=O)[C@H](O)[C@@H](O)[C@H](O[C@@H]1O[C@H](CO)[C@H](O)[C@H](O)[C@H]1O)[C@H](O)CO)C(=O)[C@H](O)[C@@H](O)[C@H](O[C@@H]1O[C@H](CO)[C@H](O)[C@H](O)[C@H]1O)[C@H](O)CO. The normalized spacial score (nSPS) is 28.6. The summed E-state index contributed by atoms with van der Waals surface area (Å²) in [7, 11) is 0. The maximum absolute atomic E-state index is 14.2. The van der Waals surface area contributed by atoms with Gasteiger partial charge < -0.3 is 110 Å². The topological polar surface area (TPSA) is 401 Å². The first-order chi connectivity index (χ1) is 33.4. The van der Waals surface area contributed by atoms with Crippen molar-refractivity contribution in [3.8, 4) is 0 Å². The van der Waals surface area contributed by atoms with Gasteiger partial charge in [0.15, 0.2) is 24.8 Å². The summed E-state index contributed by atoms with van der Waals surface area (Å²) < 4.78 is 21.7. The minimum atomic E-state index is -2.41. The molecule has 0 aromatic carbocycles. The molecule has 0 aromatic rings. The highest BCUT2D eigenvalue weighted by Gasteiger charge is 2.49. The van der Waals surface area contributed by atoms with Crippen molar-refractivity contribution in [3.05, 3.63) is 0 Å². The molecule has 2 aliphatic heterocycles. The van der Waals surface area contributed by atoms with Crippen LogP contribution in [0, 0.1) is 0 Å². The Morgan fingerprint density at radius 2 is 0.743 bits per heavy atom. The quantitative estimate of drug-likeness (QED) is 0.0261. The number of ether oxygens (including phenoxy) is 4. The van der Waals surface area contributed by atoms with E-state index in [4.69, 9.17) is 18.9 Å². The molecule has 18 atom stereocenters. The van der Waals surface area contributed by atoms with E-state index in [0.29, 0.717) is 25.7 Å². The monoisotopic (exact) mass is 1020 g/mol. The Hall–Kier alpha value is -1.86. The molecule has 2 rings (SSSR count). The van der Waals surface area contributed by atoms with Crippen LogP contribution in [0.1, 0.15) is 117 Å². The van der Waals surface area contributed by atoms with E-state index in [0.717, 1.165) is 86.8 Å². The number of hydrogen-bond donors (Lipinski definition) is 16. The molecule has 0 saturated carbocycles. The molecule has 0 bridgehead atoms. The molecule has 0 spiro atoms. The Morgan fingerprint density at radius 3 is 1.03 bits per heavy atom. The van der Waals surface area contributed by atoms with E-state index in [1.165, 1.54) is 0 Å². The van der Waals surface area contributed by atoms with Gasteiger partial charge in [0.2, 0.25) is 0 Å². The summed E-state index contributed by atoms with van der Waals surface area (Å²) in [6, 6.07) is 0. The molecule has 0 aliphatic carbocycles. The van der Waals surface area contributed by atoms with Crippen LogP contribution in [0.15, 0.2) is 0 Å². The van der Waals surface area contributed by atoms with Crippen LogP contribution < -0.4 is 0 Å². The fraction of sp³-hybridized carbons (Fsp3) is 0.957. The zero-order chi connectivity index (χ0) is 52.5. The van der Waals surface area contributed by atoms with Crippen LogP contribution in [0.2, 0.25) is 0 Å². The lowest BCUT2D eigenvalue weighted by atomic mass is 9.98. The van der Waals surface area contributed by atoms with Crippen LogP contribution in [0.25, 0.3) is 0 Å². The second-order valence-electron chi connectivity index (χ2n) is 18.6. The molecular formula is C46H88N2O22. The Bertz CT molecular complexity index is 1290. The van der Waals surface area contributed by atoms with Crippen molar-refractivity contribution in [1.29, 1.82) is 0 Å². The number of unbranched alkanes of at least 4 members (excludes halogenated alkanes) is 14. The van der Waals surface area contributed by atoms with Gasteiger partial charge in [0.05, 0.1) is 26.4 Å². The van der Waals surface area contributed by atoms with E-state index in [2.05, 4.69) is 13.8 Å². The second kappa shape index (κ2) is 34.6. The number of amides is 2. The van der Waals surface area contributed by atoms with Crippen molar-refractivity contribution in [2.24, 2.45) is 0 Å². The Kier molecular flexibility index (Phi) is 31.8. The Morgan fingerprint density at radius 1 is 0.443 bits per heavy atom. The fourth-order valence-electron chi connectivity index (χ4n) is 8.48. The summed E-state index contributed by atoms with van der Waals surface area (Å²) in [5, 5.41) is 168. The number of rotatable bonds is 37. The predicted octanol–water partition coefficient (Wildman–Crippen LogP) is -4.55. The highest BCUT2D eigenvalue weighted by atomic mass is 16.7. The lowest BCUT2D eigenvalue weighted by Gasteiger charge is -2.42. The van der Waals surface area contributed by atoms with Gasteiger partial charge in [-0.15, -0.1) is 0 Å². The highest BCUT2D eigenvalue weighted by molar-refractivity contribution is 5.82. The highest BCUT2D eigenvalue weighted by Crippen LogP contribution is 2.27. The first-order valence-electron chi connectivity index (χ1n) is 25.2. The van der Waals surface area contributed by atoms with E-state index < -0.39 is 148 Å². The minimum Gasteiger partial charge on any atom is -0.394 e. The van der Waals surface area contributed by atoms with E-state index in [1.54, 1.807) is 0 Å². The van der Waals surface area contributed by atoms with Crippen molar-refractivity contribution in [1.82, 2.24) is 9.80 Å². The smallest absolute Gasteiger partial charge is 0.254 e. The Labute approximate surface area is 410 Å². The molecule has 0 unspecified atom stereocenters. The van der Waals surface area contributed by atoms with Gasteiger partial charge >= 0.3 is 0 Å². The van der Waals surface area contributed by atoms with Crippen molar-refractivity contribution in [2.75, 3.05) is 52.6 Å². The zero-order valence-electron chi connectivity index (χ0n) is 40.9. The summed E-state index contributed by atoms with van der Waals surface area (Å²) in [6.07, 6.45) is -22.3. The van der Waals surface area contributed by atoms with Crippen molar-refractivity contribution < 1.29 is 110 Å². The minimum absolute atomic E-state index is 0.0406. The average Bonchev–Trinajstić information content (AvgIpc) is 3.36. The third kappa shape index (κ3) is 19.8. The van der Waals surface area contributed by atoms with Gasteiger partial charge in [-0.05, 0) is 12.8 Å². The third-order valence-corrected chi connectivity index (χ3v) is 13.1. The number of aliphatic hydroxyl groups excluding tert-OH is 16. The van der Waals surface area contributed by atoms with Gasteiger partial charge in [0, 0.05) is 26.2 Å². The largest absolute Gasteiger partial charge is 0.394 e. The first kappa shape index (κ1) is 64.3. The van der Waals surface area contributed by atoms with Crippen LogP contribution in [-0.4, -0.2) is 266 Å². The summed E-state index contributed by atoms with van der Waals surface area (Å²) in [4.78, 5) is 30.7. The Balaban J connectivity index is 2.43.